The monoisotopic (exact) mass is 337 g/mol. The maximum Gasteiger partial charge on any atom is 0.158 e. The molecule has 6 nitrogen and oxygen atoms in total. The van der Waals surface area contributed by atoms with Crippen LogP contribution in [0.2, 0.25) is 0 Å². The Morgan fingerprint density at radius 1 is 1.20 bits per heavy atom. The molecule has 0 amide bonds. The molecule has 2 aromatic heterocycles. The number of rotatable bonds is 4. The second-order valence-corrected chi connectivity index (χ2v) is 6.75. The standard InChI is InChI=1S/C19H23N5O/c1-23-18(13-25)21-22-19(23)15-5-4-10-24(12-15)11-14-8-9-20-17-7-3-2-6-16(14)17/h2-3,6-9,15,25H,4-5,10-13H2,1H3/t15-/m0/s1. The third kappa shape index (κ3) is 3.15. The molecule has 4 rings (SSSR count). The molecular weight excluding hydrogens is 314 g/mol. The van der Waals surface area contributed by atoms with E-state index in [1.165, 1.54) is 10.9 Å². The molecule has 1 aromatic carbocycles. The fourth-order valence-electron chi connectivity index (χ4n) is 3.81. The highest BCUT2D eigenvalue weighted by Crippen LogP contribution is 2.27. The van der Waals surface area contributed by atoms with Crippen LogP contribution >= 0.6 is 0 Å². The summed E-state index contributed by atoms with van der Waals surface area (Å²) in [6.07, 6.45) is 4.16. The van der Waals surface area contributed by atoms with Crippen LogP contribution in [0.25, 0.3) is 10.9 Å². The predicted molar refractivity (Wildman–Crippen MR) is 95.9 cm³/mol. The normalized spacial score (nSPS) is 18.7. The Balaban J connectivity index is 1.54. The fourth-order valence-corrected chi connectivity index (χ4v) is 3.81. The number of pyridine rings is 1. The van der Waals surface area contributed by atoms with Crippen molar-refractivity contribution in [3.63, 3.8) is 0 Å². The molecule has 0 saturated carbocycles. The molecule has 1 atom stereocenters. The van der Waals surface area contributed by atoms with Crippen LogP contribution in [0.3, 0.4) is 0 Å². The van der Waals surface area contributed by atoms with Gasteiger partial charge in [0.05, 0.1) is 5.52 Å². The van der Waals surface area contributed by atoms with Crippen molar-refractivity contribution >= 4 is 10.9 Å². The molecule has 0 bridgehead atoms. The fraction of sp³-hybridized carbons (Fsp3) is 0.421. The van der Waals surface area contributed by atoms with Crippen LogP contribution in [-0.4, -0.2) is 42.8 Å². The summed E-state index contributed by atoms with van der Waals surface area (Å²) in [5.74, 6) is 1.97. The van der Waals surface area contributed by atoms with Crippen molar-refractivity contribution in [2.24, 2.45) is 7.05 Å². The molecule has 6 heteroatoms. The Morgan fingerprint density at radius 2 is 2.08 bits per heavy atom. The molecule has 25 heavy (non-hydrogen) atoms. The van der Waals surface area contributed by atoms with Gasteiger partial charge in [-0.15, -0.1) is 10.2 Å². The number of para-hydroxylation sites is 1. The summed E-state index contributed by atoms with van der Waals surface area (Å²) < 4.78 is 1.94. The van der Waals surface area contributed by atoms with Gasteiger partial charge in [-0.25, -0.2) is 0 Å². The number of likely N-dealkylation sites (tertiary alicyclic amines) is 1. The molecule has 0 spiro atoms. The Morgan fingerprint density at radius 3 is 2.92 bits per heavy atom. The third-order valence-corrected chi connectivity index (χ3v) is 5.14. The highest BCUT2D eigenvalue weighted by Gasteiger charge is 2.26. The first kappa shape index (κ1) is 16.2. The lowest BCUT2D eigenvalue weighted by molar-refractivity contribution is 0.195. The number of fused-ring (bicyclic) bond motifs is 1. The van der Waals surface area contributed by atoms with Gasteiger partial charge in [0.1, 0.15) is 12.4 Å². The topological polar surface area (TPSA) is 67.1 Å². The number of piperidine rings is 1. The lowest BCUT2D eigenvalue weighted by atomic mass is 9.96. The van der Waals surface area contributed by atoms with Crippen molar-refractivity contribution in [3.8, 4) is 0 Å². The average Bonchev–Trinajstić information content (AvgIpc) is 3.03. The van der Waals surface area contributed by atoms with Gasteiger partial charge >= 0.3 is 0 Å². The molecule has 130 valence electrons. The molecule has 1 saturated heterocycles. The molecule has 0 unspecified atom stereocenters. The van der Waals surface area contributed by atoms with Crippen molar-refractivity contribution < 1.29 is 5.11 Å². The number of aliphatic hydroxyl groups is 1. The first-order valence-electron chi connectivity index (χ1n) is 8.80. The minimum absolute atomic E-state index is 0.0665. The van der Waals surface area contributed by atoms with Crippen LogP contribution in [0.1, 0.15) is 36.0 Å². The zero-order chi connectivity index (χ0) is 17.2. The Hall–Kier alpha value is -2.31. The number of benzene rings is 1. The first-order valence-corrected chi connectivity index (χ1v) is 8.80. The second-order valence-electron chi connectivity index (χ2n) is 6.75. The largest absolute Gasteiger partial charge is 0.388 e. The Labute approximate surface area is 147 Å². The third-order valence-electron chi connectivity index (χ3n) is 5.14. The van der Waals surface area contributed by atoms with E-state index in [1.54, 1.807) is 0 Å². The molecular formula is C19H23N5O. The van der Waals surface area contributed by atoms with E-state index >= 15 is 0 Å². The summed E-state index contributed by atoms with van der Waals surface area (Å²) in [5.41, 5.74) is 2.37. The van der Waals surface area contributed by atoms with Crippen molar-refractivity contribution in [1.29, 1.82) is 0 Å². The van der Waals surface area contributed by atoms with E-state index in [0.29, 0.717) is 11.7 Å². The minimum Gasteiger partial charge on any atom is -0.388 e. The molecule has 1 fully saturated rings. The smallest absolute Gasteiger partial charge is 0.158 e. The summed E-state index contributed by atoms with van der Waals surface area (Å²) in [6, 6.07) is 10.4. The molecule has 1 N–H and O–H groups in total. The second kappa shape index (κ2) is 6.90. The lowest BCUT2D eigenvalue weighted by Gasteiger charge is -2.32. The number of hydrogen-bond acceptors (Lipinski definition) is 5. The first-order chi connectivity index (χ1) is 12.3. The maximum absolute atomic E-state index is 9.34. The van der Waals surface area contributed by atoms with E-state index < -0.39 is 0 Å². The van der Waals surface area contributed by atoms with Crippen LogP contribution < -0.4 is 0 Å². The Kier molecular flexibility index (Phi) is 4.46. The van der Waals surface area contributed by atoms with Crippen molar-refractivity contribution in [2.75, 3.05) is 13.1 Å². The van der Waals surface area contributed by atoms with E-state index in [9.17, 15) is 5.11 Å². The van der Waals surface area contributed by atoms with Crippen molar-refractivity contribution in [3.05, 3.63) is 53.7 Å². The van der Waals surface area contributed by atoms with Crippen LogP contribution in [0.15, 0.2) is 36.5 Å². The molecule has 1 aliphatic heterocycles. The van der Waals surface area contributed by atoms with E-state index in [0.717, 1.165) is 43.8 Å². The van der Waals surface area contributed by atoms with Crippen LogP contribution in [0, 0.1) is 0 Å². The molecule has 3 heterocycles. The van der Waals surface area contributed by atoms with E-state index in [1.807, 2.05) is 23.9 Å². The highest BCUT2D eigenvalue weighted by molar-refractivity contribution is 5.81. The van der Waals surface area contributed by atoms with Gasteiger partial charge in [-0.3, -0.25) is 9.88 Å². The molecule has 1 aliphatic rings. The quantitative estimate of drug-likeness (QED) is 0.791. The van der Waals surface area contributed by atoms with Crippen molar-refractivity contribution in [2.45, 2.75) is 31.9 Å². The summed E-state index contributed by atoms with van der Waals surface area (Å²) in [7, 11) is 1.94. The van der Waals surface area contributed by atoms with E-state index in [4.69, 9.17) is 0 Å². The Bertz CT molecular complexity index is 870. The molecule has 0 radical (unpaired) electrons. The predicted octanol–water partition coefficient (Wildman–Crippen LogP) is 2.24. The van der Waals surface area contributed by atoms with Crippen LogP contribution in [0.5, 0.6) is 0 Å². The van der Waals surface area contributed by atoms with Crippen LogP contribution in [0.4, 0.5) is 0 Å². The van der Waals surface area contributed by atoms with Gasteiger partial charge in [0.2, 0.25) is 0 Å². The summed E-state index contributed by atoms with van der Waals surface area (Å²) >= 11 is 0. The number of aliphatic hydroxyl groups excluding tert-OH is 1. The zero-order valence-corrected chi connectivity index (χ0v) is 14.5. The van der Waals surface area contributed by atoms with Gasteiger partial charge < -0.3 is 9.67 Å². The maximum atomic E-state index is 9.34. The van der Waals surface area contributed by atoms with Gasteiger partial charge in [0.15, 0.2) is 5.82 Å². The summed E-state index contributed by atoms with van der Waals surface area (Å²) in [5, 5.41) is 19.0. The zero-order valence-electron chi connectivity index (χ0n) is 14.5. The van der Waals surface area contributed by atoms with Gasteiger partial charge in [-0.1, -0.05) is 18.2 Å². The lowest BCUT2D eigenvalue weighted by Crippen LogP contribution is -2.35. The molecule has 0 aliphatic carbocycles. The van der Waals surface area contributed by atoms with Crippen molar-refractivity contribution in [1.82, 2.24) is 24.6 Å². The van der Waals surface area contributed by atoms with Gasteiger partial charge in [-0.2, -0.15) is 0 Å². The molecule has 3 aromatic rings. The minimum atomic E-state index is -0.0665. The van der Waals surface area contributed by atoms with Gasteiger partial charge in [0, 0.05) is 37.6 Å². The van der Waals surface area contributed by atoms with Crippen LogP contribution in [-0.2, 0) is 20.2 Å². The summed E-state index contributed by atoms with van der Waals surface area (Å²) in [6.45, 7) is 2.92. The average molecular weight is 337 g/mol. The number of nitrogens with zero attached hydrogens (tertiary/aromatic N) is 5. The SMILES string of the molecule is Cn1c(CO)nnc1[C@H]1CCCN(Cc2ccnc3ccccc23)C1. The van der Waals surface area contributed by atoms with Gasteiger partial charge in [0.25, 0.3) is 0 Å². The van der Waals surface area contributed by atoms with E-state index in [2.05, 4.69) is 44.3 Å². The van der Waals surface area contributed by atoms with Gasteiger partial charge in [-0.05, 0) is 37.1 Å². The number of hydrogen-bond donors (Lipinski definition) is 1. The summed E-state index contributed by atoms with van der Waals surface area (Å²) in [4.78, 5) is 6.95. The highest BCUT2D eigenvalue weighted by atomic mass is 16.3. The van der Waals surface area contributed by atoms with E-state index in [-0.39, 0.29) is 6.61 Å². The number of aromatic nitrogens is 4.